The molecule has 1 unspecified atom stereocenters. The van der Waals surface area contributed by atoms with Crippen LogP contribution in [0, 0.1) is 20.8 Å². The van der Waals surface area contributed by atoms with E-state index < -0.39 is 0 Å². The summed E-state index contributed by atoms with van der Waals surface area (Å²) in [4.78, 5) is 23.6. The van der Waals surface area contributed by atoms with Crippen LogP contribution in [0.25, 0.3) is 11.3 Å². The van der Waals surface area contributed by atoms with Crippen molar-refractivity contribution in [1.29, 1.82) is 0 Å². The van der Waals surface area contributed by atoms with Gasteiger partial charge in [0.2, 0.25) is 0 Å². The van der Waals surface area contributed by atoms with Crippen LogP contribution in [0.15, 0.2) is 29.6 Å². The van der Waals surface area contributed by atoms with Crippen molar-refractivity contribution in [2.75, 3.05) is 19.7 Å². The number of benzene rings is 1. The van der Waals surface area contributed by atoms with Crippen LogP contribution in [-0.4, -0.2) is 56.4 Å². The average molecular weight is 398 g/mol. The number of ether oxygens (including phenoxy) is 1. The zero-order chi connectivity index (χ0) is 19.7. The number of nitrogens with zero attached hydrogens (tertiary/aromatic N) is 5. The number of aryl methyl sites for hydroxylation is 3. The van der Waals surface area contributed by atoms with Crippen molar-refractivity contribution in [3.05, 3.63) is 51.9 Å². The largest absolute Gasteiger partial charge is 0.373 e. The molecule has 7 nitrogen and oxygen atoms in total. The van der Waals surface area contributed by atoms with Crippen molar-refractivity contribution in [3.63, 3.8) is 0 Å². The molecule has 2 aromatic heterocycles. The number of amides is 1. The second-order valence-electron chi connectivity index (χ2n) is 6.96. The summed E-state index contributed by atoms with van der Waals surface area (Å²) in [6.45, 7) is 8.05. The molecule has 1 aliphatic heterocycles. The Hall–Kier alpha value is -2.58. The zero-order valence-corrected chi connectivity index (χ0v) is 17.1. The quantitative estimate of drug-likeness (QED) is 0.677. The van der Waals surface area contributed by atoms with E-state index in [9.17, 15) is 4.79 Å². The lowest BCUT2D eigenvalue weighted by atomic mass is 10.1. The molecule has 1 atom stereocenters. The van der Waals surface area contributed by atoms with Gasteiger partial charge >= 0.3 is 0 Å². The molecular formula is C20H23N5O2S. The maximum atomic E-state index is 12.9. The molecule has 4 rings (SSSR count). The van der Waals surface area contributed by atoms with E-state index in [0.29, 0.717) is 31.8 Å². The van der Waals surface area contributed by atoms with Gasteiger partial charge in [0.15, 0.2) is 0 Å². The number of morpholine rings is 1. The summed E-state index contributed by atoms with van der Waals surface area (Å²) in [5, 5.41) is 7.46. The summed E-state index contributed by atoms with van der Waals surface area (Å²) in [5.74, 6) is 1.63. The Morgan fingerprint density at radius 2 is 2.00 bits per heavy atom. The van der Waals surface area contributed by atoms with Crippen LogP contribution >= 0.6 is 11.3 Å². The molecule has 0 radical (unpaired) electrons. The van der Waals surface area contributed by atoms with Crippen molar-refractivity contribution in [3.8, 4) is 11.3 Å². The SMILES string of the molecule is Cc1nc(C)n(CC2CN(C(=O)c3ccc(-c4csc(C)n4)cc3)CCO2)n1. The average Bonchev–Trinajstić information content (AvgIpc) is 3.26. The number of rotatable bonds is 4. The molecule has 8 heteroatoms. The fourth-order valence-corrected chi connectivity index (χ4v) is 4.03. The predicted octanol–water partition coefficient (Wildman–Crippen LogP) is 2.87. The Bertz CT molecular complexity index is 979. The van der Waals surface area contributed by atoms with Crippen molar-refractivity contribution in [2.45, 2.75) is 33.4 Å². The van der Waals surface area contributed by atoms with Crippen LogP contribution in [0.2, 0.25) is 0 Å². The third kappa shape index (κ3) is 3.98. The minimum absolute atomic E-state index is 0.0285. The molecule has 0 N–H and O–H groups in total. The summed E-state index contributed by atoms with van der Waals surface area (Å²) in [5.41, 5.74) is 2.66. The van der Waals surface area contributed by atoms with Gasteiger partial charge in [-0.05, 0) is 32.9 Å². The highest BCUT2D eigenvalue weighted by atomic mass is 32.1. The Kier molecular flexibility index (Phi) is 5.23. The van der Waals surface area contributed by atoms with Crippen LogP contribution in [0.3, 0.4) is 0 Å². The topological polar surface area (TPSA) is 73.1 Å². The minimum atomic E-state index is -0.0882. The maximum absolute atomic E-state index is 12.9. The fourth-order valence-electron chi connectivity index (χ4n) is 3.40. The number of hydrogen-bond acceptors (Lipinski definition) is 6. The highest BCUT2D eigenvalue weighted by Crippen LogP contribution is 2.22. The second kappa shape index (κ2) is 7.81. The van der Waals surface area contributed by atoms with E-state index in [0.717, 1.165) is 27.9 Å². The summed E-state index contributed by atoms with van der Waals surface area (Å²) in [6, 6.07) is 7.67. The molecule has 0 aliphatic carbocycles. The van der Waals surface area contributed by atoms with Gasteiger partial charge in [-0.25, -0.2) is 14.6 Å². The van der Waals surface area contributed by atoms with Gasteiger partial charge in [-0.15, -0.1) is 11.3 Å². The molecular weight excluding hydrogens is 374 g/mol. The van der Waals surface area contributed by atoms with Crippen LogP contribution in [-0.2, 0) is 11.3 Å². The van der Waals surface area contributed by atoms with Crippen LogP contribution in [0.5, 0.6) is 0 Å². The van der Waals surface area contributed by atoms with E-state index in [1.165, 1.54) is 0 Å². The Balaban J connectivity index is 1.43. The molecule has 1 aromatic carbocycles. The highest BCUT2D eigenvalue weighted by Gasteiger charge is 2.26. The third-order valence-electron chi connectivity index (χ3n) is 4.81. The summed E-state index contributed by atoms with van der Waals surface area (Å²) >= 11 is 1.62. The molecule has 28 heavy (non-hydrogen) atoms. The zero-order valence-electron chi connectivity index (χ0n) is 16.3. The molecule has 1 aliphatic rings. The Morgan fingerprint density at radius 1 is 1.21 bits per heavy atom. The van der Waals surface area contributed by atoms with Crippen molar-refractivity contribution in [2.24, 2.45) is 0 Å². The number of hydrogen-bond donors (Lipinski definition) is 0. The third-order valence-corrected chi connectivity index (χ3v) is 5.59. The molecule has 0 saturated carbocycles. The van der Waals surface area contributed by atoms with Crippen molar-refractivity contribution >= 4 is 17.2 Å². The molecule has 146 valence electrons. The molecule has 0 bridgehead atoms. The van der Waals surface area contributed by atoms with Gasteiger partial charge in [-0.3, -0.25) is 4.79 Å². The lowest BCUT2D eigenvalue weighted by molar-refractivity contribution is -0.0302. The first-order valence-electron chi connectivity index (χ1n) is 9.31. The summed E-state index contributed by atoms with van der Waals surface area (Å²) < 4.78 is 7.70. The van der Waals surface area contributed by atoms with Crippen LogP contribution < -0.4 is 0 Å². The lowest BCUT2D eigenvalue weighted by Gasteiger charge is -2.33. The first-order chi connectivity index (χ1) is 13.5. The number of carbonyl (C=O) groups is 1. The second-order valence-corrected chi connectivity index (χ2v) is 8.02. The van der Waals surface area contributed by atoms with Gasteiger partial charge in [0.05, 0.1) is 30.0 Å². The van der Waals surface area contributed by atoms with Crippen LogP contribution in [0.4, 0.5) is 0 Å². The molecule has 1 saturated heterocycles. The molecule has 1 amide bonds. The Morgan fingerprint density at radius 3 is 2.64 bits per heavy atom. The van der Waals surface area contributed by atoms with Gasteiger partial charge in [0, 0.05) is 29.6 Å². The standard InChI is InChI=1S/C20H23N5O2S/c1-13-21-14(2)25(23-13)11-18-10-24(8-9-27-18)20(26)17-6-4-16(5-7-17)19-12-28-15(3)22-19/h4-7,12,18H,8-11H2,1-3H3. The first-order valence-corrected chi connectivity index (χ1v) is 10.2. The van der Waals surface area contributed by atoms with Gasteiger partial charge in [0.1, 0.15) is 11.6 Å². The normalized spacial score (nSPS) is 17.1. The molecule has 3 aromatic rings. The number of aromatic nitrogens is 4. The molecule has 1 fully saturated rings. The highest BCUT2D eigenvalue weighted by molar-refractivity contribution is 7.09. The fraction of sp³-hybridized carbons (Fsp3) is 0.400. The van der Waals surface area contributed by atoms with E-state index in [1.54, 1.807) is 11.3 Å². The molecule has 3 heterocycles. The smallest absolute Gasteiger partial charge is 0.254 e. The molecule has 0 spiro atoms. The van der Waals surface area contributed by atoms with Gasteiger partial charge in [-0.1, -0.05) is 12.1 Å². The van der Waals surface area contributed by atoms with E-state index in [2.05, 4.69) is 15.1 Å². The number of thiazole rings is 1. The maximum Gasteiger partial charge on any atom is 0.254 e. The lowest BCUT2D eigenvalue weighted by Crippen LogP contribution is -2.47. The van der Waals surface area contributed by atoms with E-state index in [4.69, 9.17) is 4.74 Å². The summed E-state index contributed by atoms with van der Waals surface area (Å²) in [6.07, 6.45) is -0.0882. The monoisotopic (exact) mass is 397 g/mol. The van der Waals surface area contributed by atoms with Gasteiger partial charge < -0.3 is 9.64 Å². The predicted molar refractivity (Wildman–Crippen MR) is 107 cm³/mol. The van der Waals surface area contributed by atoms with Gasteiger partial charge in [-0.2, -0.15) is 5.10 Å². The van der Waals surface area contributed by atoms with E-state index in [1.807, 2.05) is 60.0 Å². The van der Waals surface area contributed by atoms with Crippen molar-refractivity contribution in [1.82, 2.24) is 24.6 Å². The minimum Gasteiger partial charge on any atom is -0.373 e. The van der Waals surface area contributed by atoms with E-state index >= 15 is 0 Å². The Labute approximate surface area is 168 Å². The van der Waals surface area contributed by atoms with Gasteiger partial charge in [0.25, 0.3) is 5.91 Å². The van der Waals surface area contributed by atoms with Crippen molar-refractivity contribution < 1.29 is 9.53 Å². The van der Waals surface area contributed by atoms with E-state index in [-0.39, 0.29) is 12.0 Å². The first kappa shape index (κ1) is 18.8. The summed E-state index contributed by atoms with van der Waals surface area (Å²) in [7, 11) is 0. The van der Waals surface area contributed by atoms with Crippen LogP contribution in [0.1, 0.15) is 27.0 Å². The number of carbonyl (C=O) groups excluding carboxylic acids is 1.